The smallest absolute Gasteiger partial charge is 0.276 e. The van der Waals surface area contributed by atoms with Gasteiger partial charge in [0.2, 0.25) is 11.8 Å². The Bertz CT molecular complexity index is 1270. The number of carbonyl (C=O) groups excluding carboxylic acids is 2. The monoisotopic (exact) mass is 493 g/mol. The van der Waals surface area contributed by atoms with Crippen LogP contribution >= 0.6 is 23.1 Å². The summed E-state index contributed by atoms with van der Waals surface area (Å²) in [5.74, 6) is 0.676. The molecule has 10 heteroatoms. The number of aromatic nitrogens is 3. The Balaban J connectivity index is 1.24. The Morgan fingerprint density at radius 2 is 1.76 bits per heavy atom. The Labute approximate surface area is 205 Å². The average molecular weight is 494 g/mol. The third kappa shape index (κ3) is 6.30. The lowest BCUT2D eigenvalue weighted by atomic mass is 10.1. The topological polar surface area (TPSA) is 110 Å². The van der Waals surface area contributed by atoms with Crippen LogP contribution in [0.15, 0.2) is 63.6 Å². The van der Waals surface area contributed by atoms with Crippen molar-refractivity contribution in [2.45, 2.75) is 31.9 Å². The van der Waals surface area contributed by atoms with Crippen molar-refractivity contribution in [1.82, 2.24) is 15.2 Å². The fourth-order valence-corrected chi connectivity index (χ4v) is 4.59. The zero-order chi connectivity index (χ0) is 23.9. The number of thiazole rings is 1. The van der Waals surface area contributed by atoms with Gasteiger partial charge in [0.15, 0.2) is 5.13 Å². The van der Waals surface area contributed by atoms with Crippen molar-refractivity contribution in [3.8, 4) is 0 Å². The van der Waals surface area contributed by atoms with E-state index in [2.05, 4.69) is 25.8 Å². The second-order valence-electron chi connectivity index (χ2n) is 7.52. The van der Waals surface area contributed by atoms with Crippen LogP contribution in [-0.2, 0) is 11.2 Å². The maximum atomic E-state index is 12.3. The molecule has 4 aromatic rings. The molecule has 0 radical (unpaired) electrons. The van der Waals surface area contributed by atoms with Crippen LogP contribution in [0, 0.1) is 13.8 Å². The van der Waals surface area contributed by atoms with Gasteiger partial charge < -0.3 is 9.73 Å². The van der Waals surface area contributed by atoms with E-state index in [1.807, 2.05) is 55.6 Å². The molecule has 0 aliphatic rings. The highest BCUT2D eigenvalue weighted by molar-refractivity contribution is 7.99. The zero-order valence-corrected chi connectivity index (χ0v) is 20.3. The van der Waals surface area contributed by atoms with E-state index in [-0.39, 0.29) is 11.8 Å². The first-order valence-corrected chi connectivity index (χ1v) is 12.5. The SMILES string of the molecule is Cc1cccc(C)c1NC(=O)CCSc1nnc(Cc2csc(NC(=O)c3ccccc3)n2)o1. The number of benzene rings is 2. The summed E-state index contributed by atoms with van der Waals surface area (Å²) in [6.45, 7) is 3.94. The van der Waals surface area contributed by atoms with Crippen molar-refractivity contribution in [3.63, 3.8) is 0 Å². The van der Waals surface area contributed by atoms with Gasteiger partial charge in [-0.15, -0.1) is 21.5 Å². The number of hydrogen-bond donors (Lipinski definition) is 2. The lowest BCUT2D eigenvalue weighted by Gasteiger charge is -2.10. The minimum absolute atomic E-state index is 0.0582. The molecule has 0 aliphatic carbocycles. The minimum Gasteiger partial charge on any atom is -0.416 e. The highest BCUT2D eigenvalue weighted by Crippen LogP contribution is 2.23. The predicted octanol–water partition coefficient (Wildman–Crippen LogP) is 5.11. The average Bonchev–Trinajstić information content (AvgIpc) is 3.46. The lowest BCUT2D eigenvalue weighted by Crippen LogP contribution is -2.14. The summed E-state index contributed by atoms with van der Waals surface area (Å²) in [6.07, 6.45) is 0.686. The highest BCUT2D eigenvalue weighted by atomic mass is 32.2. The van der Waals surface area contributed by atoms with Gasteiger partial charge in [-0.3, -0.25) is 14.9 Å². The number of amides is 2. The summed E-state index contributed by atoms with van der Waals surface area (Å²) in [6, 6.07) is 14.9. The van der Waals surface area contributed by atoms with Gasteiger partial charge in [0.25, 0.3) is 11.1 Å². The fourth-order valence-electron chi connectivity index (χ4n) is 3.17. The lowest BCUT2D eigenvalue weighted by molar-refractivity contribution is -0.115. The van der Waals surface area contributed by atoms with Crippen LogP contribution in [0.2, 0.25) is 0 Å². The quantitative estimate of drug-likeness (QED) is 0.312. The number of nitrogens with one attached hydrogen (secondary N) is 2. The van der Waals surface area contributed by atoms with Crippen molar-refractivity contribution >= 4 is 45.7 Å². The van der Waals surface area contributed by atoms with E-state index >= 15 is 0 Å². The standard InChI is InChI=1S/C24H23N5O3S2/c1-15-7-6-8-16(2)21(15)26-19(30)11-12-33-24-29-28-20(32-24)13-18-14-34-23(25-18)27-22(31)17-9-4-3-5-10-17/h3-10,14H,11-13H2,1-2H3,(H,26,30)(H,25,27,31). The van der Waals surface area contributed by atoms with E-state index in [0.717, 1.165) is 22.5 Å². The van der Waals surface area contributed by atoms with Crippen LogP contribution in [0.1, 0.15) is 39.5 Å². The van der Waals surface area contributed by atoms with Gasteiger partial charge in [0.1, 0.15) is 0 Å². The van der Waals surface area contributed by atoms with Gasteiger partial charge in [-0.2, -0.15) is 0 Å². The molecule has 2 aromatic heterocycles. The summed E-state index contributed by atoms with van der Waals surface area (Å²) < 4.78 is 5.67. The predicted molar refractivity (Wildman–Crippen MR) is 133 cm³/mol. The van der Waals surface area contributed by atoms with Crippen LogP contribution < -0.4 is 10.6 Å². The molecular formula is C24H23N5O3S2. The maximum Gasteiger partial charge on any atom is 0.276 e. The van der Waals surface area contributed by atoms with Crippen molar-refractivity contribution in [1.29, 1.82) is 0 Å². The summed E-state index contributed by atoms with van der Waals surface area (Å²) in [5, 5.41) is 16.6. The zero-order valence-electron chi connectivity index (χ0n) is 18.7. The van der Waals surface area contributed by atoms with E-state index in [0.29, 0.717) is 40.4 Å². The molecule has 2 aromatic carbocycles. The Morgan fingerprint density at radius 1 is 1.00 bits per heavy atom. The van der Waals surface area contributed by atoms with Gasteiger partial charge >= 0.3 is 0 Å². The van der Waals surface area contributed by atoms with E-state index in [1.165, 1.54) is 23.1 Å². The van der Waals surface area contributed by atoms with Gasteiger partial charge in [-0.25, -0.2) is 4.98 Å². The largest absolute Gasteiger partial charge is 0.416 e. The van der Waals surface area contributed by atoms with Crippen molar-refractivity contribution in [2.75, 3.05) is 16.4 Å². The van der Waals surface area contributed by atoms with Crippen LogP contribution in [-0.4, -0.2) is 32.7 Å². The molecule has 4 rings (SSSR count). The van der Waals surface area contributed by atoms with E-state index in [4.69, 9.17) is 4.42 Å². The van der Waals surface area contributed by atoms with Crippen molar-refractivity contribution in [2.24, 2.45) is 0 Å². The van der Waals surface area contributed by atoms with Crippen molar-refractivity contribution < 1.29 is 14.0 Å². The summed E-state index contributed by atoms with van der Waals surface area (Å²) in [4.78, 5) is 29.0. The molecule has 0 saturated carbocycles. The highest BCUT2D eigenvalue weighted by Gasteiger charge is 2.13. The molecule has 2 N–H and O–H groups in total. The number of aryl methyl sites for hydroxylation is 2. The molecule has 2 heterocycles. The molecule has 0 spiro atoms. The fraction of sp³-hybridized carbons (Fsp3) is 0.208. The molecule has 34 heavy (non-hydrogen) atoms. The van der Waals surface area contributed by atoms with Crippen LogP contribution in [0.5, 0.6) is 0 Å². The second kappa shape index (κ2) is 11.1. The third-order valence-electron chi connectivity index (χ3n) is 4.89. The Kier molecular flexibility index (Phi) is 7.71. The number of para-hydroxylation sites is 1. The first-order chi connectivity index (χ1) is 16.5. The molecule has 0 saturated heterocycles. The van der Waals surface area contributed by atoms with Crippen LogP contribution in [0.4, 0.5) is 10.8 Å². The van der Waals surface area contributed by atoms with E-state index in [1.54, 1.807) is 12.1 Å². The molecule has 0 bridgehead atoms. The first kappa shape index (κ1) is 23.7. The van der Waals surface area contributed by atoms with E-state index < -0.39 is 0 Å². The van der Waals surface area contributed by atoms with Gasteiger partial charge in [0, 0.05) is 28.8 Å². The molecular weight excluding hydrogens is 470 g/mol. The molecule has 8 nitrogen and oxygen atoms in total. The molecule has 0 fully saturated rings. The van der Waals surface area contributed by atoms with Gasteiger partial charge in [-0.05, 0) is 37.1 Å². The number of rotatable bonds is 9. The summed E-state index contributed by atoms with van der Waals surface area (Å²) in [7, 11) is 0. The number of hydrogen-bond acceptors (Lipinski definition) is 8. The van der Waals surface area contributed by atoms with Crippen LogP contribution in [0.25, 0.3) is 0 Å². The minimum atomic E-state index is -0.209. The Hall–Kier alpha value is -3.50. The molecule has 0 aliphatic heterocycles. The number of thioether (sulfide) groups is 1. The van der Waals surface area contributed by atoms with Gasteiger partial charge in [-0.1, -0.05) is 48.2 Å². The number of anilines is 2. The van der Waals surface area contributed by atoms with E-state index in [9.17, 15) is 9.59 Å². The third-order valence-corrected chi connectivity index (χ3v) is 6.52. The molecule has 0 unspecified atom stereocenters. The second-order valence-corrected chi connectivity index (χ2v) is 9.42. The first-order valence-electron chi connectivity index (χ1n) is 10.6. The summed E-state index contributed by atoms with van der Waals surface area (Å²) in [5.41, 5.74) is 4.22. The van der Waals surface area contributed by atoms with Crippen molar-refractivity contribution in [3.05, 3.63) is 82.2 Å². The number of carbonyl (C=O) groups is 2. The molecule has 0 atom stereocenters. The Morgan fingerprint density at radius 3 is 2.53 bits per heavy atom. The molecule has 174 valence electrons. The normalized spacial score (nSPS) is 10.8. The van der Waals surface area contributed by atoms with Crippen LogP contribution in [0.3, 0.4) is 0 Å². The maximum absolute atomic E-state index is 12.3. The van der Waals surface area contributed by atoms with Gasteiger partial charge in [0.05, 0.1) is 12.1 Å². The summed E-state index contributed by atoms with van der Waals surface area (Å²) >= 11 is 2.67. The number of nitrogens with zero attached hydrogens (tertiary/aromatic N) is 3. The molecule has 2 amide bonds.